The molecule has 2 heterocycles. The van der Waals surface area contributed by atoms with Crippen molar-refractivity contribution in [1.29, 1.82) is 0 Å². The van der Waals surface area contributed by atoms with Crippen LogP contribution in [0.5, 0.6) is 5.75 Å². The Morgan fingerprint density at radius 2 is 1.97 bits per heavy atom. The molecule has 1 aliphatic heterocycles. The van der Waals surface area contributed by atoms with Gasteiger partial charge in [-0.25, -0.2) is 18.4 Å². The summed E-state index contributed by atoms with van der Waals surface area (Å²) in [5.74, 6) is 0.642. The van der Waals surface area contributed by atoms with Crippen LogP contribution in [-0.4, -0.2) is 44.2 Å². The lowest BCUT2D eigenvalue weighted by atomic mass is 10.1. The van der Waals surface area contributed by atoms with E-state index in [0.717, 1.165) is 23.1 Å². The van der Waals surface area contributed by atoms with Crippen molar-refractivity contribution in [3.8, 4) is 17.0 Å². The second-order valence-electron chi connectivity index (χ2n) is 6.91. The molecule has 166 valence electrons. The average Bonchev–Trinajstić information content (AvgIpc) is 2.80. The van der Waals surface area contributed by atoms with Crippen LogP contribution in [-0.2, 0) is 21.4 Å². The van der Waals surface area contributed by atoms with Crippen LogP contribution >= 0.6 is 23.4 Å². The van der Waals surface area contributed by atoms with Gasteiger partial charge >= 0.3 is 0 Å². The number of methoxy groups -OCH3 is 1. The molecule has 2 aromatic carbocycles. The minimum atomic E-state index is -3.77. The molecule has 8 nitrogen and oxygen atoms in total. The second kappa shape index (κ2) is 8.97. The van der Waals surface area contributed by atoms with Gasteiger partial charge < -0.3 is 10.1 Å². The van der Waals surface area contributed by atoms with Gasteiger partial charge in [-0.2, -0.15) is 0 Å². The molecule has 1 aliphatic rings. The summed E-state index contributed by atoms with van der Waals surface area (Å²) in [6.45, 7) is 0.380. The molecule has 11 heteroatoms. The standard InChI is InChI=1S/C21H19ClN4O4S2/c1-26-17-8-5-14(22)9-16(17)20-18(32(26,28)29)11-24-21(25-20)31-12-19(27)23-10-13-3-6-15(30-2)7-4-13/h3-9,11H,10,12H2,1-2H3,(H,23,27). The number of benzene rings is 2. The minimum Gasteiger partial charge on any atom is -0.497 e. The topological polar surface area (TPSA) is 101 Å². The van der Waals surface area contributed by atoms with E-state index in [1.165, 1.54) is 17.5 Å². The van der Waals surface area contributed by atoms with E-state index in [1.807, 2.05) is 24.3 Å². The highest BCUT2D eigenvalue weighted by atomic mass is 35.5. The number of thioether (sulfide) groups is 1. The Morgan fingerprint density at radius 1 is 1.22 bits per heavy atom. The van der Waals surface area contributed by atoms with Crippen LogP contribution in [0.1, 0.15) is 5.56 Å². The highest BCUT2D eigenvalue weighted by Crippen LogP contribution is 2.42. The third-order valence-corrected chi connectivity index (χ3v) is 7.77. The molecule has 3 aromatic rings. The zero-order chi connectivity index (χ0) is 22.9. The Balaban J connectivity index is 1.48. The van der Waals surface area contributed by atoms with Gasteiger partial charge in [0, 0.05) is 24.2 Å². The van der Waals surface area contributed by atoms with Gasteiger partial charge in [-0.1, -0.05) is 35.5 Å². The molecule has 0 radical (unpaired) electrons. The van der Waals surface area contributed by atoms with Crippen LogP contribution in [0, 0.1) is 0 Å². The van der Waals surface area contributed by atoms with E-state index in [1.54, 1.807) is 25.3 Å². The molecular weight excluding hydrogens is 472 g/mol. The van der Waals surface area contributed by atoms with E-state index in [2.05, 4.69) is 15.3 Å². The van der Waals surface area contributed by atoms with Crippen LogP contribution in [0.4, 0.5) is 5.69 Å². The lowest BCUT2D eigenvalue weighted by Crippen LogP contribution is -2.31. The number of carbonyl (C=O) groups excluding carboxylic acids is 1. The molecule has 4 rings (SSSR count). The van der Waals surface area contributed by atoms with E-state index < -0.39 is 10.0 Å². The molecule has 0 unspecified atom stereocenters. The molecule has 0 fully saturated rings. The number of nitrogens with zero attached hydrogens (tertiary/aromatic N) is 3. The number of amides is 1. The average molecular weight is 491 g/mol. The first-order valence-corrected chi connectivity index (χ1v) is 12.3. The number of nitrogens with one attached hydrogen (secondary N) is 1. The fourth-order valence-electron chi connectivity index (χ4n) is 3.18. The number of halogens is 1. The Labute approximate surface area is 195 Å². The van der Waals surface area contributed by atoms with Crippen LogP contribution in [0.3, 0.4) is 0 Å². The molecule has 1 amide bonds. The monoisotopic (exact) mass is 490 g/mol. The van der Waals surface area contributed by atoms with Crippen molar-refractivity contribution in [1.82, 2.24) is 15.3 Å². The van der Waals surface area contributed by atoms with Crippen LogP contribution in [0.25, 0.3) is 11.3 Å². The molecule has 1 N–H and O–H groups in total. The van der Waals surface area contributed by atoms with Crippen molar-refractivity contribution in [3.05, 3.63) is 59.2 Å². The van der Waals surface area contributed by atoms with E-state index in [4.69, 9.17) is 16.3 Å². The molecule has 0 spiro atoms. The zero-order valence-corrected chi connectivity index (χ0v) is 19.6. The number of rotatable bonds is 6. The number of hydrogen-bond acceptors (Lipinski definition) is 7. The van der Waals surface area contributed by atoms with E-state index >= 15 is 0 Å². The van der Waals surface area contributed by atoms with Crippen molar-refractivity contribution >= 4 is 45.0 Å². The number of aromatic nitrogens is 2. The number of ether oxygens (including phenoxy) is 1. The highest BCUT2D eigenvalue weighted by Gasteiger charge is 2.34. The fourth-order valence-corrected chi connectivity index (χ4v) is 5.30. The molecule has 0 atom stereocenters. The molecule has 0 saturated carbocycles. The molecule has 32 heavy (non-hydrogen) atoms. The van der Waals surface area contributed by atoms with Crippen molar-refractivity contribution in [2.45, 2.75) is 16.6 Å². The van der Waals surface area contributed by atoms with Gasteiger partial charge in [0.15, 0.2) is 5.16 Å². The number of anilines is 1. The van der Waals surface area contributed by atoms with Gasteiger partial charge in [0.05, 0.1) is 30.4 Å². The normalized spacial score (nSPS) is 13.8. The SMILES string of the molecule is COc1ccc(CNC(=O)CSc2ncc3c(n2)-c2cc(Cl)ccc2N(C)S3(=O)=O)cc1. The highest BCUT2D eigenvalue weighted by molar-refractivity contribution is 7.99. The summed E-state index contributed by atoms with van der Waals surface area (Å²) in [6.07, 6.45) is 1.27. The van der Waals surface area contributed by atoms with Gasteiger partial charge in [0.25, 0.3) is 10.0 Å². The predicted molar refractivity (Wildman–Crippen MR) is 124 cm³/mol. The largest absolute Gasteiger partial charge is 0.497 e. The maximum atomic E-state index is 12.8. The van der Waals surface area contributed by atoms with Gasteiger partial charge in [0.2, 0.25) is 5.91 Å². The van der Waals surface area contributed by atoms with Gasteiger partial charge in [-0.05, 0) is 35.9 Å². The first-order chi connectivity index (χ1) is 15.3. The lowest BCUT2D eigenvalue weighted by Gasteiger charge is -2.28. The van der Waals surface area contributed by atoms with Crippen LogP contribution in [0.2, 0.25) is 5.02 Å². The Hall–Kier alpha value is -2.82. The molecule has 0 bridgehead atoms. The third-order valence-electron chi connectivity index (χ3n) is 4.91. The summed E-state index contributed by atoms with van der Waals surface area (Å²) in [7, 11) is -0.704. The van der Waals surface area contributed by atoms with Crippen molar-refractivity contribution in [3.63, 3.8) is 0 Å². The second-order valence-corrected chi connectivity index (χ2v) is 10.2. The summed E-state index contributed by atoms with van der Waals surface area (Å²) in [5.41, 5.74) is 2.29. The lowest BCUT2D eigenvalue weighted by molar-refractivity contribution is -0.118. The van der Waals surface area contributed by atoms with Crippen LogP contribution in [0.15, 0.2) is 58.7 Å². The van der Waals surface area contributed by atoms with Gasteiger partial charge in [0.1, 0.15) is 10.6 Å². The molecular formula is C21H19ClN4O4S2. The van der Waals surface area contributed by atoms with Crippen molar-refractivity contribution < 1.29 is 17.9 Å². The number of sulfonamides is 1. The summed E-state index contributed by atoms with van der Waals surface area (Å²) in [5, 5.41) is 3.60. The smallest absolute Gasteiger partial charge is 0.267 e. The third kappa shape index (κ3) is 4.38. The maximum Gasteiger partial charge on any atom is 0.267 e. The molecule has 0 saturated heterocycles. The predicted octanol–water partition coefficient (Wildman–Crippen LogP) is 3.35. The number of fused-ring (bicyclic) bond motifs is 3. The first kappa shape index (κ1) is 22.4. The van der Waals surface area contributed by atoms with E-state index in [9.17, 15) is 13.2 Å². The fraction of sp³-hybridized carbons (Fsp3) is 0.190. The Kier molecular flexibility index (Phi) is 6.27. The molecule has 1 aromatic heterocycles. The maximum absolute atomic E-state index is 12.8. The van der Waals surface area contributed by atoms with Crippen molar-refractivity contribution in [2.24, 2.45) is 0 Å². The number of carbonyl (C=O) groups is 1. The summed E-state index contributed by atoms with van der Waals surface area (Å²) in [4.78, 5) is 20.8. The minimum absolute atomic E-state index is 0.00285. The first-order valence-electron chi connectivity index (χ1n) is 9.48. The van der Waals surface area contributed by atoms with E-state index in [-0.39, 0.29) is 22.2 Å². The Bertz CT molecular complexity index is 1280. The summed E-state index contributed by atoms with van der Waals surface area (Å²) >= 11 is 7.26. The van der Waals surface area contributed by atoms with Crippen molar-refractivity contribution in [2.75, 3.05) is 24.2 Å². The Morgan fingerprint density at radius 3 is 2.69 bits per heavy atom. The molecule has 0 aliphatic carbocycles. The zero-order valence-electron chi connectivity index (χ0n) is 17.2. The number of hydrogen-bond donors (Lipinski definition) is 1. The van der Waals surface area contributed by atoms with Crippen LogP contribution < -0.4 is 14.4 Å². The van der Waals surface area contributed by atoms with E-state index in [0.29, 0.717) is 28.0 Å². The van der Waals surface area contributed by atoms with Gasteiger partial charge in [-0.3, -0.25) is 9.10 Å². The summed E-state index contributed by atoms with van der Waals surface area (Å²) < 4.78 is 31.9. The quantitative estimate of drug-likeness (QED) is 0.417. The van der Waals surface area contributed by atoms with Gasteiger partial charge in [-0.15, -0.1) is 0 Å². The summed E-state index contributed by atoms with van der Waals surface area (Å²) in [6, 6.07) is 12.3.